The summed E-state index contributed by atoms with van der Waals surface area (Å²) < 4.78 is 0. The van der Waals surface area contributed by atoms with E-state index in [1.54, 1.807) is 0 Å². The standard InChI is InChI=1S/C17H27N3O/c1-2-3-8-15(18)17(21)19-11-6-12-20-13-10-14-7-4-5-9-16(14)20/h4-5,7,9,15H,2-3,6,8,10-13,18H2,1H3,(H,19,21). The molecule has 1 unspecified atom stereocenters. The van der Waals surface area contributed by atoms with E-state index in [1.165, 1.54) is 11.3 Å². The Morgan fingerprint density at radius 2 is 2.19 bits per heavy atom. The molecule has 0 spiro atoms. The molecule has 21 heavy (non-hydrogen) atoms. The quantitative estimate of drug-likeness (QED) is 0.720. The summed E-state index contributed by atoms with van der Waals surface area (Å²) in [4.78, 5) is 14.2. The molecule has 116 valence electrons. The fraction of sp³-hybridized carbons (Fsp3) is 0.588. The Hall–Kier alpha value is -1.55. The third-order valence-electron chi connectivity index (χ3n) is 4.09. The van der Waals surface area contributed by atoms with Crippen LogP contribution in [0, 0.1) is 0 Å². The Morgan fingerprint density at radius 1 is 1.38 bits per heavy atom. The highest BCUT2D eigenvalue weighted by molar-refractivity contribution is 5.81. The van der Waals surface area contributed by atoms with Gasteiger partial charge in [0.25, 0.3) is 0 Å². The van der Waals surface area contributed by atoms with Crippen LogP contribution in [0.15, 0.2) is 24.3 Å². The fourth-order valence-electron chi connectivity index (χ4n) is 2.81. The van der Waals surface area contributed by atoms with Crippen LogP contribution in [0.2, 0.25) is 0 Å². The van der Waals surface area contributed by atoms with E-state index in [4.69, 9.17) is 5.73 Å². The van der Waals surface area contributed by atoms with Gasteiger partial charge >= 0.3 is 0 Å². The van der Waals surface area contributed by atoms with Crippen molar-refractivity contribution in [2.75, 3.05) is 24.5 Å². The van der Waals surface area contributed by atoms with Gasteiger partial charge in [-0.1, -0.05) is 38.0 Å². The summed E-state index contributed by atoms with van der Waals surface area (Å²) in [5, 5.41) is 2.95. The van der Waals surface area contributed by atoms with Crippen LogP contribution in [0.4, 0.5) is 5.69 Å². The fourth-order valence-corrected chi connectivity index (χ4v) is 2.81. The van der Waals surface area contributed by atoms with E-state index in [-0.39, 0.29) is 11.9 Å². The molecule has 1 atom stereocenters. The minimum absolute atomic E-state index is 0.00901. The topological polar surface area (TPSA) is 58.4 Å². The molecule has 0 radical (unpaired) electrons. The smallest absolute Gasteiger partial charge is 0.236 e. The number of para-hydroxylation sites is 1. The van der Waals surface area contributed by atoms with E-state index >= 15 is 0 Å². The van der Waals surface area contributed by atoms with E-state index < -0.39 is 0 Å². The second-order valence-electron chi connectivity index (χ2n) is 5.76. The van der Waals surface area contributed by atoms with Crippen LogP contribution in [-0.4, -0.2) is 31.6 Å². The highest BCUT2D eigenvalue weighted by Crippen LogP contribution is 2.27. The average Bonchev–Trinajstić information content (AvgIpc) is 2.92. The van der Waals surface area contributed by atoms with Crippen LogP contribution in [0.5, 0.6) is 0 Å². The lowest BCUT2D eigenvalue weighted by Crippen LogP contribution is -2.41. The molecule has 0 saturated carbocycles. The molecule has 1 aliphatic rings. The number of nitrogens with one attached hydrogen (secondary N) is 1. The van der Waals surface area contributed by atoms with E-state index in [2.05, 4.69) is 41.4 Å². The molecule has 1 heterocycles. The molecule has 0 aliphatic carbocycles. The zero-order valence-electron chi connectivity index (χ0n) is 13.0. The van der Waals surface area contributed by atoms with Crippen molar-refractivity contribution in [3.05, 3.63) is 29.8 Å². The minimum atomic E-state index is -0.350. The first kappa shape index (κ1) is 15.8. The van der Waals surface area contributed by atoms with Gasteiger partial charge < -0.3 is 16.0 Å². The lowest BCUT2D eigenvalue weighted by atomic mass is 10.1. The van der Waals surface area contributed by atoms with Crippen molar-refractivity contribution in [2.45, 2.75) is 45.1 Å². The van der Waals surface area contributed by atoms with Gasteiger partial charge in [-0.05, 0) is 30.9 Å². The van der Waals surface area contributed by atoms with Gasteiger partial charge in [0.2, 0.25) is 5.91 Å². The van der Waals surface area contributed by atoms with E-state index in [0.717, 1.165) is 45.2 Å². The maximum atomic E-state index is 11.8. The Bertz CT molecular complexity index is 461. The zero-order valence-corrected chi connectivity index (χ0v) is 13.0. The van der Waals surface area contributed by atoms with Gasteiger partial charge in [-0.25, -0.2) is 0 Å². The zero-order chi connectivity index (χ0) is 15.1. The molecule has 2 rings (SSSR count). The highest BCUT2D eigenvalue weighted by atomic mass is 16.2. The molecule has 0 saturated heterocycles. The van der Waals surface area contributed by atoms with Crippen LogP contribution >= 0.6 is 0 Å². The number of hydrogen-bond donors (Lipinski definition) is 2. The summed E-state index contributed by atoms with van der Waals surface area (Å²) >= 11 is 0. The Balaban J connectivity index is 1.66. The molecular weight excluding hydrogens is 262 g/mol. The first-order valence-electron chi connectivity index (χ1n) is 8.08. The number of benzene rings is 1. The first-order valence-corrected chi connectivity index (χ1v) is 8.08. The Labute approximate surface area is 127 Å². The third-order valence-corrected chi connectivity index (χ3v) is 4.09. The number of rotatable bonds is 8. The van der Waals surface area contributed by atoms with Crippen molar-refractivity contribution in [3.8, 4) is 0 Å². The second kappa shape index (κ2) is 8.03. The molecular formula is C17H27N3O. The summed E-state index contributed by atoms with van der Waals surface area (Å²) in [5.41, 5.74) is 8.63. The number of fused-ring (bicyclic) bond motifs is 1. The summed E-state index contributed by atoms with van der Waals surface area (Å²) in [6, 6.07) is 8.22. The lowest BCUT2D eigenvalue weighted by Gasteiger charge is -2.19. The van der Waals surface area contributed by atoms with Crippen LogP contribution in [0.3, 0.4) is 0 Å². The van der Waals surface area contributed by atoms with Crippen molar-refractivity contribution < 1.29 is 4.79 Å². The minimum Gasteiger partial charge on any atom is -0.371 e. The number of amides is 1. The van der Waals surface area contributed by atoms with Gasteiger partial charge in [0.1, 0.15) is 0 Å². The molecule has 1 amide bonds. The molecule has 3 N–H and O–H groups in total. The number of nitrogens with zero attached hydrogens (tertiary/aromatic N) is 1. The summed E-state index contributed by atoms with van der Waals surface area (Å²) in [6.07, 6.45) is 4.96. The predicted octanol–water partition coefficient (Wildman–Crippen LogP) is 2.07. The Kier molecular flexibility index (Phi) is 6.05. The number of nitrogens with two attached hydrogens (primary N) is 1. The first-order chi connectivity index (χ1) is 10.2. The number of hydrogen-bond acceptors (Lipinski definition) is 3. The second-order valence-corrected chi connectivity index (χ2v) is 5.76. The number of carbonyl (C=O) groups is 1. The predicted molar refractivity (Wildman–Crippen MR) is 87.5 cm³/mol. The van der Waals surface area contributed by atoms with Crippen molar-refractivity contribution >= 4 is 11.6 Å². The third kappa shape index (κ3) is 4.46. The highest BCUT2D eigenvalue weighted by Gasteiger charge is 2.17. The maximum Gasteiger partial charge on any atom is 0.236 e. The molecule has 1 aromatic carbocycles. The van der Waals surface area contributed by atoms with Gasteiger partial charge in [-0.15, -0.1) is 0 Å². The molecule has 4 nitrogen and oxygen atoms in total. The van der Waals surface area contributed by atoms with E-state index in [0.29, 0.717) is 6.54 Å². The van der Waals surface area contributed by atoms with Crippen LogP contribution in [0.25, 0.3) is 0 Å². The van der Waals surface area contributed by atoms with Gasteiger partial charge in [-0.3, -0.25) is 4.79 Å². The van der Waals surface area contributed by atoms with Crippen LogP contribution in [0.1, 0.15) is 38.2 Å². The van der Waals surface area contributed by atoms with Crippen molar-refractivity contribution in [3.63, 3.8) is 0 Å². The monoisotopic (exact) mass is 289 g/mol. The average molecular weight is 289 g/mol. The molecule has 1 aromatic rings. The Morgan fingerprint density at radius 3 is 3.00 bits per heavy atom. The molecule has 0 aromatic heterocycles. The number of carbonyl (C=O) groups excluding carboxylic acids is 1. The summed E-state index contributed by atoms with van der Waals surface area (Å²) in [7, 11) is 0. The van der Waals surface area contributed by atoms with Gasteiger partial charge in [0.15, 0.2) is 0 Å². The number of anilines is 1. The molecule has 4 heteroatoms. The SMILES string of the molecule is CCCCC(N)C(=O)NCCCN1CCc2ccccc21. The van der Waals surface area contributed by atoms with Crippen LogP contribution < -0.4 is 16.0 Å². The normalized spacial score (nSPS) is 14.9. The van der Waals surface area contributed by atoms with E-state index in [9.17, 15) is 4.79 Å². The molecule has 0 bridgehead atoms. The number of unbranched alkanes of at least 4 members (excludes halogenated alkanes) is 1. The van der Waals surface area contributed by atoms with Crippen molar-refractivity contribution in [1.29, 1.82) is 0 Å². The maximum absolute atomic E-state index is 11.8. The van der Waals surface area contributed by atoms with Gasteiger partial charge in [0.05, 0.1) is 6.04 Å². The van der Waals surface area contributed by atoms with Crippen molar-refractivity contribution in [2.24, 2.45) is 5.73 Å². The molecule has 0 fully saturated rings. The van der Waals surface area contributed by atoms with Gasteiger partial charge in [0, 0.05) is 25.3 Å². The van der Waals surface area contributed by atoms with Crippen LogP contribution in [-0.2, 0) is 11.2 Å². The summed E-state index contributed by atoms with van der Waals surface area (Å²) in [6.45, 7) is 4.89. The lowest BCUT2D eigenvalue weighted by molar-refractivity contribution is -0.122. The van der Waals surface area contributed by atoms with Crippen molar-refractivity contribution in [1.82, 2.24) is 5.32 Å². The van der Waals surface area contributed by atoms with Gasteiger partial charge in [-0.2, -0.15) is 0 Å². The summed E-state index contributed by atoms with van der Waals surface area (Å²) in [5.74, 6) is -0.00901. The van der Waals surface area contributed by atoms with E-state index in [1.807, 2.05) is 0 Å². The largest absolute Gasteiger partial charge is 0.371 e. The molecule has 1 aliphatic heterocycles.